The van der Waals surface area contributed by atoms with Crippen LogP contribution >= 0.6 is 0 Å². The van der Waals surface area contributed by atoms with Gasteiger partial charge in [-0.05, 0) is 12.1 Å². The number of rotatable bonds is 2. The molecule has 0 heterocycles. The Bertz CT molecular complexity index is 233. The lowest BCUT2D eigenvalue weighted by Gasteiger charge is -2.00. The van der Waals surface area contributed by atoms with E-state index >= 15 is 0 Å². The Morgan fingerprint density at radius 1 is 1.27 bits per heavy atom. The summed E-state index contributed by atoms with van der Waals surface area (Å²) < 4.78 is 0. The average molecular weight is 147 g/mol. The van der Waals surface area contributed by atoms with E-state index in [2.05, 4.69) is 5.43 Å². The molecule has 1 aromatic carbocycles. The first kappa shape index (κ1) is 7.75. The van der Waals surface area contributed by atoms with Gasteiger partial charge in [0.25, 0.3) is 5.91 Å². The highest BCUT2D eigenvalue weighted by Crippen LogP contribution is 1.96. The van der Waals surface area contributed by atoms with Crippen molar-refractivity contribution < 1.29 is 4.79 Å². The van der Waals surface area contributed by atoms with Crippen LogP contribution in [0.5, 0.6) is 0 Å². The Kier molecular flexibility index (Phi) is 2.63. The van der Waals surface area contributed by atoms with Crippen molar-refractivity contribution in [3.05, 3.63) is 42.9 Å². The molecule has 0 atom stereocenters. The van der Waals surface area contributed by atoms with Crippen LogP contribution in [0.1, 0.15) is 10.4 Å². The van der Waals surface area contributed by atoms with Crippen LogP contribution in [0.25, 0.3) is 0 Å². The van der Waals surface area contributed by atoms with Gasteiger partial charge < -0.3 is 0 Å². The summed E-state index contributed by atoms with van der Waals surface area (Å²) in [6, 6.07) is 8.70. The summed E-state index contributed by atoms with van der Waals surface area (Å²) in [5.74, 6) is -0.305. The maximum Gasteiger partial charge on any atom is 0.265 e. The third-order valence-corrected chi connectivity index (χ3v) is 1.21. The molecule has 0 bridgehead atoms. The molecule has 0 aliphatic carbocycles. The lowest BCUT2D eigenvalue weighted by molar-refractivity contribution is 0.0940. The van der Waals surface area contributed by atoms with Crippen molar-refractivity contribution in [3.8, 4) is 0 Å². The highest BCUT2D eigenvalue weighted by atomic mass is 16.2. The Morgan fingerprint density at radius 3 is 2.45 bits per heavy atom. The van der Waals surface area contributed by atoms with Gasteiger partial charge in [-0.2, -0.15) is 0 Å². The standard InChI is InChI=1S/C8H7N2O/c1-9-10-8(11)7-5-3-2-4-6-7/h2-6,9H,(H,10,11). The van der Waals surface area contributed by atoms with Crippen molar-refractivity contribution in [2.75, 3.05) is 0 Å². The van der Waals surface area contributed by atoms with Crippen LogP contribution in [0.4, 0.5) is 0 Å². The zero-order valence-electron chi connectivity index (χ0n) is 5.79. The van der Waals surface area contributed by atoms with Gasteiger partial charge in [-0.3, -0.25) is 10.2 Å². The molecular formula is C8H7N2O. The number of carbonyl (C=O) groups is 1. The first-order valence-electron chi connectivity index (χ1n) is 3.11. The third kappa shape index (κ3) is 2.05. The predicted octanol–water partition coefficient (Wildman–Crippen LogP) is 0.467. The van der Waals surface area contributed by atoms with Crippen LogP contribution in [0, 0.1) is 7.05 Å². The summed E-state index contributed by atoms with van der Waals surface area (Å²) >= 11 is 0. The first-order chi connectivity index (χ1) is 5.34. The summed E-state index contributed by atoms with van der Waals surface area (Å²) in [6.45, 7) is 0. The normalized spacial score (nSPS) is 9.18. The molecule has 0 aliphatic rings. The summed E-state index contributed by atoms with van der Waals surface area (Å²) in [5.41, 5.74) is 4.49. The predicted molar refractivity (Wildman–Crippen MR) is 40.3 cm³/mol. The van der Waals surface area contributed by atoms with Crippen molar-refractivity contribution in [1.82, 2.24) is 10.9 Å². The van der Waals surface area contributed by atoms with E-state index in [9.17, 15) is 4.79 Å². The highest BCUT2D eigenvalue weighted by Gasteiger charge is 2.00. The van der Waals surface area contributed by atoms with E-state index in [-0.39, 0.29) is 5.91 Å². The van der Waals surface area contributed by atoms with E-state index in [0.717, 1.165) is 0 Å². The molecule has 1 rings (SSSR count). The number of amides is 1. The Morgan fingerprint density at radius 2 is 1.91 bits per heavy atom. The monoisotopic (exact) mass is 147 g/mol. The van der Waals surface area contributed by atoms with Gasteiger partial charge >= 0.3 is 0 Å². The minimum atomic E-state index is -0.305. The largest absolute Gasteiger partial charge is 0.287 e. The average Bonchev–Trinajstić information content (AvgIpc) is 2.07. The molecule has 0 aromatic heterocycles. The number of nitrogens with one attached hydrogen (secondary N) is 2. The van der Waals surface area contributed by atoms with E-state index < -0.39 is 0 Å². The lowest BCUT2D eigenvalue weighted by atomic mass is 10.2. The fourth-order valence-electron chi connectivity index (χ4n) is 0.718. The van der Waals surface area contributed by atoms with E-state index in [1.807, 2.05) is 11.5 Å². The van der Waals surface area contributed by atoms with Gasteiger partial charge in [-0.25, -0.2) is 5.43 Å². The van der Waals surface area contributed by atoms with Crippen molar-refractivity contribution >= 4 is 5.91 Å². The van der Waals surface area contributed by atoms with Crippen molar-refractivity contribution in [2.45, 2.75) is 0 Å². The summed E-state index contributed by atoms with van der Waals surface area (Å²) in [6.07, 6.45) is 0. The highest BCUT2D eigenvalue weighted by molar-refractivity contribution is 5.93. The number of carbonyl (C=O) groups excluding carboxylic acids is 1. The van der Waals surface area contributed by atoms with Crippen LogP contribution in [0.15, 0.2) is 30.3 Å². The molecule has 0 fully saturated rings. The quantitative estimate of drug-likeness (QED) is 0.597. The molecule has 3 nitrogen and oxygen atoms in total. The zero-order valence-corrected chi connectivity index (χ0v) is 5.79. The van der Waals surface area contributed by atoms with Crippen molar-refractivity contribution in [3.63, 3.8) is 0 Å². The molecule has 1 aromatic rings. The smallest absolute Gasteiger partial charge is 0.265 e. The van der Waals surface area contributed by atoms with Crippen LogP contribution in [-0.2, 0) is 0 Å². The molecule has 0 spiro atoms. The third-order valence-electron chi connectivity index (χ3n) is 1.21. The van der Waals surface area contributed by atoms with Gasteiger partial charge in [0.2, 0.25) is 0 Å². The van der Waals surface area contributed by atoms with Gasteiger partial charge in [0.15, 0.2) is 0 Å². The summed E-state index contributed by atoms with van der Waals surface area (Å²) in [4.78, 5) is 11.0. The fourth-order valence-corrected chi connectivity index (χ4v) is 0.718. The SMILES string of the molecule is [C]NNC(=O)c1ccccc1. The maximum atomic E-state index is 11.0. The molecule has 0 saturated heterocycles. The van der Waals surface area contributed by atoms with Gasteiger partial charge in [0, 0.05) is 5.56 Å². The van der Waals surface area contributed by atoms with Crippen LogP contribution < -0.4 is 10.9 Å². The van der Waals surface area contributed by atoms with Gasteiger partial charge in [-0.1, -0.05) is 18.2 Å². The molecule has 0 unspecified atom stereocenters. The number of benzene rings is 1. The second-order valence-corrected chi connectivity index (χ2v) is 1.95. The Labute approximate surface area is 65.4 Å². The molecule has 0 aliphatic heterocycles. The zero-order chi connectivity index (χ0) is 8.10. The minimum absolute atomic E-state index is 0.305. The first-order valence-corrected chi connectivity index (χ1v) is 3.11. The molecule has 11 heavy (non-hydrogen) atoms. The Balaban J connectivity index is 2.69. The molecule has 2 N–H and O–H groups in total. The molecule has 55 valence electrons. The molecule has 0 saturated carbocycles. The van der Waals surface area contributed by atoms with Crippen molar-refractivity contribution in [2.24, 2.45) is 0 Å². The van der Waals surface area contributed by atoms with Gasteiger partial charge in [-0.15, -0.1) is 0 Å². The van der Waals surface area contributed by atoms with E-state index in [1.165, 1.54) is 0 Å². The van der Waals surface area contributed by atoms with E-state index in [1.54, 1.807) is 24.3 Å². The molecule has 1 amide bonds. The van der Waals surface area contributed by atoms with Crippen LogP contribution in [-0.4, -0.2) is 5.91 Å². The van der Waals surface area contributed by atoms with Crippen LogP contribution in [0.3, 0.4) is 0 Å². The van der Waals surface area contributed by atoms with Gasteiger partial charge in [0.05, 0.1) is 0 Å². The second-order valence-electron chi connectivity index (χ2n) is 1.95. The maximum absolute atomic E-state index is 11.0. The molecule has 3 heteroatoms. The molecular weight excluding hydrogens is 140 g/mol. The van der Waals surface area contributed by atoms with Crippen LogP contribution in [0.2, 0.25) is 0 Å². The van der Waals surface area contributed by atoms with Crippen molar-refractivity contribution in [1.29, 1.82) is 0 Å². The Hall–Kier alpha value is -1.35. The number of hydrogen-bond acceptors (Lipinski definition) is 2. The summed E-state index contributed by atoms with van der Waals surface area (Å²) in [5, 5.41) is 0. The second kappa shape index (κ2) is 3.73. The fraction of sp³-hybridized carbons (Fsp3) is 0. The summed E-state index contributed by atoms with van der Waals surface area (Å²) in [7, 11) is 6.50. The lowest BCUT2D eigenvalue weighted by Crippen LogP contribution is -2.32. The minimum Gasteiger partial charge on any atom is -0.287 e. The number of hydrazine groups is 1. The van der Waals surface area contributed by atoms with E-state index in [4.69, 9.17) is 7.05 Å². The van der Waals surface area contributed by atoms with E-state index in [0.29, 0.717) is 5.56 Å². The van der Waals surface area contributed by atoms with Gasteiger partial charge in [0.1, 0.15) is 7.05 Å². The number of hydrogen-bond donors (Lipinski definition) is 2. The topological polar surface area (TPSA) is 41.1 Å². The molecule has 3 radical (unpaired) electrons.